The number of halogens is 4. The molecule has 1 aliphatic carbocycles. The second kappa shape index (κ2) is 6.35. The monoisotopic (exact) mass is 305 g/mol. The van der Waals surface area contributed by atoms with Gasteiger partial charge in [-0.15, -0.1) is 0 Å². The van der Waals surface area contributed by atoms with Crippen LogP contribution in [0.3, 0.4) is 0 Å². The number of benzene rings is 1. The van der Waals surface area contributed by atoms with Crippen LogP contribution in [0.4, 0.5) is 13.2 Å². The van der Waals surface area contributed by atoms with E-state index in [1.165, 1.54) is 0 Å². The van der Waals surface area contributed by atoms with Gasteiger partial charge in [0.25, 0.3) is 0 Å². The molecule has 2 unspecified atom stereocenters. The van der Waals surface area contributed by atoms with Crippen molar-refractivity contribution in [2.45, 2.75) is 50.9 Å². The number of hydrogen-bond acceptors (Lipinski definition) is 1. The summed E-state index contributed by atoms with van der Waals surface area (Å²) in [4.78, 5) is 0. The molecule has 2 rings (SSSR count). The van der Waals surface area contributed by atoms with Gasteiger partial charge in [-0.3, -0.25) is 0 Å². The van der Waals surface area contributed by atoms with Crippen molar-refractivity contribution >= 4 is 11.6 Å². The van der Waals surface area contributed by atoms with E-state index in [4.69, 9.17) is 11.6 Å². The second-order valence-corrected chi connectivity index (χ2v) is 5.98. The van der Waals surface area contributed by atoms with E-state index in [9.17, 15) is 13.2 Å². The first kappa shape index (κ1) is 15.6. The third kappa shape index (κ3) is 4.13. The Labute approximate surface area is 122 Å². The first-order valence-corrected chi connectivity index (χ1v) is 7.32. The fourth-order valence-corrected chi connectivity index (χ4v) is 3.06. The van der Waals surface area contributed by atoms with Gasteiger partial charge in [-0.25, -0.2) is 0 Å². The van der Waals surface area contributed by atoms with Gasteiger partial charge < -0.3 is 5.32 Å². The van der Waals surface area contributed by atoms with Crippen LogP contribution in [0.2, 0.25) is 5.02 Å². The minimum Gasteiger partial charge on any atom is -0.307 e. The van der Waals surface area contributed by atoms with Crippen molar-refractivity contribution < 1.29 is 13.2 Å². The maximum absolute atomic E-state index is 12.8. The highest BCUT2D eigenvalue weighted by atomic mass is 35.5. The van der Waals surface area contributed by atoms with Crippen molar-refractivity contribution in [3.8, 4) is 0 Å². The van der Waals surface area contributed by atoms with Crippen LogP contribution in [0.1, 0.15) is 44.2 Å². The maximum Gasteiger partial charge on any atom is 0.391 e. The summed E-state index contributed by atoms with van der Waals surface area (Å²) in [5.74, 6) is -1.17. The molecule has 20 heavy (non-hydrogen) atoms. The zero-order chi connectivity index (χ0) is 14.8. The van der Waals surface area contributed by atoms with Crippen molar-refractivity contribution in [3.05, 3.63) is 34.9 Å². The van der Waals surface area contributed by atoms with Crippen molar-refractivity contribution in [2.24, 2.45) is 5.92 Å². The lowest BCUT2D eigenvalue weighted by Gasteiger charge is -2.33. The standard InChI is InChI=1S/C15H19ClF3N/c1-10(11-4-2-6-13(16)8-11)20-14-7-3-5-12(9-14)15(17,18)19/h2,4,6,8,10,12,14,20H,3,5,7,9H2,1H3/t10-,12?,14?/m1/s1. The minimum absolute atomic E-state index is 0.00526. The topological polar surface area (TPSA) is 12.0 Å². The van der Waals surface area contributed by atoms with Gasteiger partial charge in [0.1, 0.15) is 0 Å². The van der Waals surface area contributed by atoms with Gasteiger partial charge in [-0.05, 0) is 43.9 Å². The largest absolute Gasteiger partial charge is 0.391 e. The third-order valence-corrected chi connectivity index (χ3v) is 4.21. The number of alkyl halides is 3. The van der Waals surface area contributed by atoms with E-state index < -0.39 is 12.1 Å². The van der Waals surface area contributed by atoms with E-state index in [0.717, 1.165) is 12.0 Å². The summed E-state index contributed by atoms with van der Waals surface area (Å²) in [5, 5.41) is 3.95. The molecule has 0 aromatic heterocycles. The highest BCUT2D eigenvalue weighted by Gasteiger charge is 2.42. The summed E-state index contributed by atoms with van der Waals surface area (Å²) < 4.78 is 38.3. The van der Waals surface area contributed by atoms with Crippen LogP contribution in [0.25, 0.3) is 0 Å². The van der Waals surface area contributed by atoms with Gasteiger partial charge in [0, 0.05) is 17.1 Å². The van der Waals surface area contributed by atoms with Gasteiger partial charge >= 0.3 is 6.18 Å². The average Bonchev–Trinajstić information content (AvgIpc) is 2.38. The SMILES string of the molecule is C[C@@H](NC1CCCC(C(F)(F)F)C1)c1cccc(Cl)c1. The number of hydrogen-bond donors (Lipinski definition) is 1. The van der Waals surface area contributed by atoms with Crippen LogP contribution in [-0.2, 0) is 0 Å². The average molecular weight is 306 g/mol. The molecule has 0 saturated heterocycles. The van der Waals surface area contributed by atoms with E-state index in [1.807, 2.05) is 25.1 Å². The molecule has 1 N–H and O–H groups in total. The molecule has 0 heterocycles. The first-order valence-electron chi connectivity index (χ1n) is 6.94. The van der Waals surface area contributed by atoms with Gasteiger partial charge in [0.15, 0.2) is 0 Å². The fraction of sp³-hybridized carbons (Fsp3) is 0.600. The molecule has 0 spiro atoms. The highest BCUT2D eigenvalue weighted by Crippen LogP contribution is 2.38. The molecular formula is C15H19ClF3N. The summed E-state index contributed by atoms with van der Waals surface area (Å²) in [5.41, 5.74) is 1.01. The van der Waals surface area contributed by atoms with Crippen LogP contribution in [0, 0.1) is 5.92 Å². The Bertz CT molecular complexity index is 447. The Balaban J connectivity index is 1.96. The van der Waals surface area contributed by atoms with Crippen LogP contribution in [0.5, 0.6) is 0 Å². The molecule has 0 amide bonds. The molecule has 0 radical (unpaired) electrons. The summed E-state index contributed by atoms with van der Waals surface area (Å²) >= 11 is 5.94. The quantitative estimate of drug-likeness (QED) is 0.818. The van der Waals surface area contributed by atoms with E-state index in [0.29, 0.717) is 11.4 Å². The van der Waals surface area contributed by atoms with E-state index in [-0.39, 0.29) is 24.9 Å². The molecule has 1 nitrogen and oxygen atoms in total. The summed E-state index contributed by atoms with van der Waals surface area (Å²) in [6.07, 6.45) is -2.21. The van der Waals surface area contributed by atoms with Crippen LogP contribution < -0.4 is 5.32 Å². The lowest BCUT2D eigenvalue weighted by molar-refractivity contribution is -0.183. The lowest BCUT2D eigenvalue weighted by atomic mass is 9.85. The van der Waals surface area contributed by atoms with Crippen LogP contribution in [0.15, 0.2) is 24.3 Å². The van der Waals surface area contributed by atoms with Crippen LogP contribution >= 0.6 is 11.6 Å². The summed E-state index contributed by atoms with van der Waals surface area (Å²) in [6, 6.07) is 7.36. The summed E-state index contributed by atoms with van der Waals surface area (Å²) in [6.45, 7) is 1.96. The van der Waals surface area contributed by atoms with Crippen molar-refractivity contribution in [1.29, 1.82) is 0 Å². The van der Waals surface area contributed by atoms with Crippen molar-refractivity contribution in [1.82, 2.24) is 5.32 Å². The van der Waals surface area contributed by atoms with Gasteiger partial charge in [-0.1, -0.05) is 30.2 Å². The Morgan fingerprint density at radius 3 is 2.70 bits per heavy atom. The molecule has 3 atom stereocenters. The maximum atomic E-state index is 12.8. The Morgan fingerprint density at radius 2 is 2.05 bits per heavy atom. The van der Waals surface area contributed by atoms with Crippen molar-refractivity contribution in [2.75, 3.05) is 0 Å². The van der Waals surface area contributed by atoms with Gasteiger partial charge in [0.05, 0.1) is 5.92 Å². The predicted molar refractivity (Wildman–Crippen MR) is 74.8 cm³/mol. The lowest BCUT2D eigenvalue weighted by Crippen LogP contribution is -2.39. The Hall–Kier alpha value is -0.740. The number of nitrogens with one attached hydrogen (secondary N) is 1. The van der Waals surface area contributed by atoms with E-state index >= 15 is 0 Å². The molecular weight excluding hydrogens is 287 g/mol. The summed E-state index contributed by atoms with van der Waals surface area (Å²) in [7, 11) is 0. The molecule has 1 aromatic rings. The fourth-order valence-electron chi connectivity index (χ4n) is 2.86. The van der Waals surface area contributed by atoms with Gasteiger partial charge in [0.2, 0.25) is 0 Å². The molecule has 0 bridgehead atoms. The Morgan fingerprint density at radius 1 is 1.30 bits per heavy atom. The van der Waals surface area contributed by atoms with Crippen molar-refractivity contribution in [3.63, 3.8) is 0 Å². The minimum atomic E-state index is -4.07. The highest BCUT2D eigenvalue weighted by molar-refractivity contribution is 6.30. The predicted octanol–water partition coefficient (Wildman–Crippen LogP) is 5.11. The smallest absolute Gasteiger partial charge is 0.307 e. The van der Waals surface area contributed by atoms with Gasteiger partial charge in [-0.2, -0.15) is 13.2 Å². The normalized spacial score (nSPS) is 25.4. The molecule has 1 fully saturated rings. The molecule has 1 aromatic carbocycles. The second-order valence-electron chi connectivity index (χ2n) is 5.55. The molecule has 1 aliphatic rings. The van der Waals surface area contributed by atoms with Crippen LogP contribution in [-0.4, -0.2) is 12.2 Å². The molecule has 112 valence electrons. The Kier molecular flexibility index (Phi) is 4.97. The zero-order valence-electron chi connectivity index (χ0n) is 11.4. The van der Waals surface area contributed by atoms with E-state index in [1.54, 1.807) is 6.07 Å². The third-order valence-electron chi connectivity index (χ3n) is 3.97. The molecule has 5 heteroatoms. The first-order chi connectivity index (χ1) is 9.36. The molecule has 0 aliphatic heterocycles. The number of rotatable bonds is 3. The molecule has 1 saturated carbocycles. The van der Waals surface area contributed by atoms with E-state index in [2.05, 4.69) is 5.32 Å². The zero-order valence-corrected chi connectivity index (χ0v) is 12.1.